The van der Waals surface area contributed by atoms with Crippen LogP contribution in [0.15, 0.2) is 17.3 Å². The molecule has 0 aromatic carbocycles. The van der Waals surface area contributed by atoms with Gasteiger partial charge in [-0.3, -0.25) is 4.68 Å². The minimum absolute atomic E-state index is 1.03. The molecule has 0 atom stereocenters. The van der Waals surface area contributed by atoms with Crippen LogP contribution in [0.2, 0.25) is 0 Å². The third kappa shape index (κ3) is 1.53. The van der Waals surface area contributed by atoms with E-state index in [0.717, 1.165) is 13.0 Å². The molecule has 0 bridgehead atoms. The van der Waals surface area contributed by atoms with Gasteiger partial charge >= 0.3 is 0 Å². The molecule has 0 saturated heterocycles. The molecule has 1 heterocycles. The van der Waals surface area contributed by atoms with Gasteiger partial charge in [-0.25, -0.2) is 0 Å². The SMILES string of the molecule is CCCn1nccc1SC. The number of thioether (sulfide) groups is 1. The number of aryl methyl sites for hydroxylation is 1. The van der Waals surface area contributed by atoms with Gasteiger partial charge in [0.25, 0.3) is 0 Å². The van der Waals surface area contributed by atoms with E-state index in [0.29, 0.717) is 0 Å². The maximum absolute atomic E-state index is 4.17. The van der Waals surface area contributed by atoms with E-state index in [2.05, 4.69) is 18.3 Å². The topological polar surface area (TPSA) is 17.8 Å². The molecule has 0 amide bonds. The first-order valence-electron chi connectivity index (χ1n) is 3.44. The third-order valence-corrected chi connectivity index (χ3v) is 2.09. The van der Waals surface area contributed by atoms with Crippen LogP contribution in [0.1, 0.15) is 13.3 Å². The molecule has 1 aromatic rings. The van der Waals surface area contributed by atoms with Crippen molar-refractivity contribution >= 4 is 11.8 Å². The summed E-state index contributed by atoms with van der Waals surface area (Å²) in [4.78, 5) is 0. The van der Waals surface area contributed by atoms with Crippen LogP contribution in [0.5, 0.6) is 0 Å². The lowest BCUT2D eigenvalue weighted by molar-refractivity contribution is 0.559. The minimum Gasteiger partial charge on any atom is -0.259 e. The van der Waals surface area contributed by atoms with Gasteiger partial charge in [0.15, 0.2) is 0 Å². The second kappa shape index (κ2) is 3.66. The van der Waals surface area contributed by atoms with Crippen LogP contribution < -0.4 is 0 Å². The molecule has 56 valence electrons. The van der Waals surface area contributed by atoms with E-state index in [1.807, 2.05) is 16.9 Å². The van der Waals surface area contributed by atoms with Gasteiger partial charge in [-0.05, 0) is 18.7 Å². The Bertz CT molecular complexity index is 195. The summed E-state index contributed by atoms with van der Waals surface area (Å²) < 4.78 is 2.03. The minimum atomic E-state index is 1.03. The number of hydrogen-bond acceptors (Lipinski definition) is 2. The zero-order chi connectivity index (χ0) is 7.40. The fourth-order valence-electron chi connectivity index (χ4n) is 0.874. The van der Waals surface area contributed by atoms with Crippen molar-refractivity contribution < 1.29 is 0 Å². The molecule has 0 unspecified atom stereocenters. The largest absolute Gasteiger partial charge is 0.259 e. The van der Waals surface area contributed by atoms with Gasteiger partial charge in [0, 0.05) is 6.54 Å². The monoisotopic (exact) mass is 156 g/mol. The van der Waals surface area contributed by atoms with Gasteiger partial charge < -0.3 is 0 Å². The van der Waals surface area contributed by atoms with E-state index in [-0.39, 0.29) is 0 Å². The van der Waals surface area contributed by atoms with Crippen LogP contribution >= 0.6 is 11.8 Å². The molecular weight excluding hydrogens is 144 g/mol. The molecule has 0 aliphatic rings. The van der Waals surface area contributed by atoms with Gasteiger partial charge in [0.2, 0.25) is 0 Å². The number of hydrogen-bond donors (Lipinski definition) is 0. The fourth-order valence-corrected chi connectivity index (χ4v) is 1.42. The van der Waals surface area contributed by atoms with Crippen molar-refractivity contribution in [2.45, 2.75) is 24.9 Å². The van der Waals surface area contributed by atoms with Gasteiger partial charge in [0.05, 0.1) is 11.2 Å². The highest BCUT2D eigenvalue weighted by atomic mass is 32.2. The molecule has 0 aliphatic carbocycles. The lowest BCUT2D eigenvalue weighted by atomic mass is 10.5. The highest BCUT2D eigenvalue weighted by molar-refractivity contribution is 7.98. The van der Waals surface area contributed by atoms with E-state index in [4.69, 9.17) is 0 Å². The van der Waals surface area contributed by atoms with E-state index in [1.54, 1.807) is 11.8 Å². The first kappa shape index (κ1) is 7.66. The molecule has 3 heteroatoms. The Morgan fingerprint density at radius 1 is 1.70 bits per heavy atom. The average Bonchev–Trinajstić information content (AvgIpc) is 2.36. The summed E-state index contributed by atoms with van der Waals surface area (Å²) in [6.45, 7) is 3.19. The van der Waals surface area contributed by atoms with Crippen molar-refractivity contribution in [2.75, 3.05) is 6.26 Å². The van der Waals surface area contributed by atoms with Crippen LogP contribution in [-0.2, 0) is 6.54 Å². The van der Waals surface area contributed by atoms with Crippen molar-refractivity contribution in [3.8, 4) is 0 Å². The highest BCUT2D eigenvalue weighted by Crippen LogP contribution is 2.12. The quantitative estimate of drug-likeness (QED) is 0.623. The summed E-state index contributed by atoms with van der Waals surface area (Å²) >= 11 is 1.74. The normalized spacial score (nSPS) is 10.2. The first-order valence-corrected chi connectivity index (χ1v) is 4.66. The lowest BCUT2D eigenvalue weighted by Crippen LogP contribution is -1.99. The van der Waals surface area contributed by atoms with Gasteiger partial charge in [-0.2, -0.15) is 5.10 Å². The molecule has 0 radical (unpaired) electrons. The second-order valence-electron chi connectivity index (χ2n) is 2.10. The van der Waals surface area contributed by atoms with Gasteiger partial charge in [-0.1, -0.05) is 6.92 Å². The van der Waals surface area contributed by atoms with Crippen LogP contribution in [0.4, 0.5) is 0 Å². The molecular formula is C7H12N2S. The predicted molar refractivity (Wildman–Crippen MR) is 44.3 cm³/mol. The summed E-state index contributed by atoms with van der Waals surface area (Å²) in [5.74, 6) is 0. The molecule has 1 aromatic heterocycles. The maximum atomic E-state index is 4.17. The zero-order valence-corrected chi connectivity index (χ0v) is 7.19. The molecule has 0 N–H and O–H groups in total. The predicted octanol–water partition coefficient (Wildman–Crippen LogP) is 2.01. The van der Waals surface area contributed by atoms with E-state index >= 15 is 0 Å². The number of rotatable bonds is 3. The Kier molecular flexibility index (Phi) is 2.81. The summed E-state index contributed by atoms with van der Waals surface area (Å²) in [7, 11) is 0. The summed E-state index contributed by atoms with van der Waals surface area (Å²) in [5, 5.41) is 5.42. The Morgan fingerprint density at radius 3 is 3.10 bits per heavy atom. The summed E-state index contributed by atoms with van der Waals surface area (Å²) in [5.41, 5.74) is 0. The molecule has 0 saturated carbocycles. The highest BCUT2D eigenvalue weighted by Gasteiger charge is 1.96. The Labute approximate surface area is 65.6 Å². The van der Waals surface area contributed by atoms with Crippen LogP contribution in [-0.4, -0.2) is 16.0 Å². The van der Waals surface area contributed by atoms with Crippen molar-refractivity contribution in [3.05, 3.63) is 12.3 Å². The first-order chi connectivity index (χ1) is 4.88. The zero-order valence-electron chi connectivity index (χ0n) is 6.37. The molecule has 1 rings (SSSR count). The van der Waals surface area contributed by atoms with Crippen molar-refractivity contribution in [3.63, 3.8) is 0 Å². The molecule has 0 aliphatic heterocycles. The molecule has 2 nitrogen and oxygen atoms in total. The third-order valence-electron chi connectivity index (χ3n) is 1.32. The van der Waals surface area contributed by atoms with Crippen molar-refractivity contribution in [1.29, 1.82) is 0 Å². The van der Waals surface area contributed by atoms with Crippen LogP contribution in [0.3, 0.4) is 0 Å². The van der Waals surface area contributed by atoms with Crippen molar-refractivity contribution in [1.82, 2.24) is 9.78 Å². The smallest absolute Gasteiger partial charge is 0.0937 e. The Morgan fingerprint density at radius 2 is 2.50 bits per heavy atom. The fraction of sp³-hybridized carbons (Fsp3) is 0.571. The van der Waals surface area contributed by atoms with Gasteiger partial charge in [-0.15, -0.1) is 11.8 Å². The number of aromatic nitrogens is 2. The van der Waals surface area contributed by atoms with E-state index < -0.39 is 0 Å². The van der Waals surface area contributed by atoms with Crippen LogP contribution in [0, 0.1) is 0 Å². The Balaban J connectivity index is 2.70. The van der Waals surface area contributed by atoms with Gasteiger partial charge in [0.1, 0.15) is 0 Å². The standard InChI is InChI=1S/C7H12N2S/c1-3-6-9-7(10-2)4-5-8-9/h4-5H,3,6H2,1-2H3. The van der Waals surface area contributed by atoms with Crippen molar-refractivity contribution in [2.24, 2.45) is 0 Å². The van der Waals surface area contributed by atoms with E-state index in [1.165, 1.54) is 5.03 Å². The van der Waals surface area contributed by atoms with E-state index in [9.17, 15) is 0 Å². The molecule has 0 spiro atoms. The second-order valence-corrected chi connectivity index (χ2v) is 2.92. The lowest BCUT2D eigenvalue weighted by Gasteiger charge is -2.00. The van der Waals surface area contributed by atoms with Crippen LogP contribution in [0.25, 0.3) is 0 Å². The summed E-state index contributed by atoms with van der Waals surface area (Å²) in [6, 6.07) is 2.04. The number of nitrogens with zero attached hydrogens (tertiary/aromatic N) is 2. The Hall–Kier alpha value is -0.440. The molecule has 10 heavy (non-hydrogen) atoms. The average molecular weight is 156 g/mol. The summed E-state index contributed by atoms with van der Waals surface area (Å²) in [6.07, 6.45) is 5.07. The molecule has 0 fully saturated rings. The maximum Gasteiger partial charge on any atom is 0.0937 e.